The van der Waals surface area contributed by atoms with E-state index in [0.29, 0.717) is 12.8 Å². The number of carbonyl (C=O) groups excluding carboxylic acids is 2. The molecule has 0 fully saturated rings. The number of nitrogens with two attached hydrogens (primary N) is 1. The molecule has 0 spiro atoms. The predicted octanol–water partition coefficient (Wildman–Crippen LogP) is -0.656. The van der Waals surface area contributed by atoms with E-state index in [4.69, 9.17) is 10.8 Å². The highest BCUT2D eigenvalue weighted by Crippen LogP contribution is 2.03. The van der Waals surface area contributed by atoms with Crippen LogP contribution in [0, 0.1) is 0 Å². The Morgan fingerprint density at radius 1 is 1.46 bits per heavy atom. The largest absolute Gasteiger partial charge is 0.452 e. The van der Waals surface area contributed by atoms with E-state index in [9.17, 15) is 9.59 Å². The van der Waals surface area contributed by atoms with Gasteiger partial charge in [0.05, 0.1) is 0 Å². The van der Waals surface area contributed by atoms with Crippen molar-refractivity contribution in [3.05, 3.63) is 12.2 Å². The summed E-state index contributed by atoms with van der Waals surface area (Å²) in [6, 6.07) is 0. The van der Waals surface area contributed by atoms with Crippen LogP contribution >= 0.6 is 0 Å². The minimum atomic E-state index is -0.705. The molecule has 0 aromatic carbocycles. The summed E-state index contributed by atoms with van der Waals surface area (Å²) in [7, 11) is 0. The van der Waals surface area contributed by atoms with Crippen LogP contribution < -0.4 is 5.73 Å². The van der Waals surface area contributed by atoms with E-state index in [0.717, 1.165) is 0 Å². The van der Waals surface area contributed by atoms with Gasteiger partial charge in [0.25, 0.3) is 5.91 Å². The molecule has 3 N–H and O–H groups in total. The number of ether oxygens (including phenoxy) is 1. The fraction of sp³-hybridized carbons (Fsp3) is 0.500. The molecular weight excluding hydrogens is 174 g/mol. The van der Waals surface area contributed by atoms with Crippen molar-refractivity contribution in [2.24, 2.45) is 5.73 Å². The van der Waals surface area contributed by atoms with Crippen molar-refractivity contribution in [3.63, 3.8) is 0 Å². The highest BCUT2D eigenvalue weighted by atomic mass is 16.5. The normalized spacial score (nSPS) is 9.31. The van der Waals surface area contributed by atoms with Crippen LogP contribution in [0.1, 0.15) is 12.8 Å². The van der Waals surface area contributed by atoms with Crippen molar-refractivity contribution in [2.45, 2.75) is 12.8 Å². The fourth-order valence-corrected chi connectivity index (χ4v) is 0.633. The zero-order valence-electron chi connectivity index (χ0n) is 7.28. The van der Waals surface area contributed by atoms with Gasteiger partial charge in [0.1, 0.15) is 0 Å². The summed E-state index contributed by atoms with van der Waals surface area (Å²) in [6.45, 7) is 2.99. The molecule has 0 aliphatic carbocycles. The molecule has 0 bridgehead atoms. The first kappa shape index (κ1) is 11.6. The molecule has 13 heavy (non-hydrogen) atoms. The first-order valence-electron chi connectivity index (χ1n) is 3.82. The van der Waals surface area contributed by atoms with Gasteiger partial charge in [0.2, 0.25) is 0 Å². The van der Waals surface area contributed by atoms with Crippen molar-refractivity contribution in [1.82, 2.24) is 0 Å². The summed E-state index contributed by atoms with van der Waals surface area (Å²) in [5, 5.41) is 8.45. The van der Waals surface area contributed by atoms with Crippen LogP contribution in [-0.2, 0) is 14.3 Å². The maximum absolute atomic E-state index is 10.9. The number of amides is 1. The third kappa shape index (κ3) is 5.86. The van der Waals surface area contributed by atoms with Crippen molar-refractivity contribution in [1.29, 1.82) is 0 Å². The Kier molecular flexibility index (Phi) is 5.54. The van der Waals surface area contributed by atoms with E-state index in [-0.39, 0.29) is 12.2 Å². The molecule has 0 aromatic rings. The number of carbonyl (C=O) groups is 2. The molecule has 5 heteroatoms. The SMILES string of the molecule is C=C(CCCO)C(=O)OCC(N)=O. The number of hydrogen-bond acceptors (Lipinski definition) is 4. The lowest BCUT2D eigenvalue weighted by Gasteiger charge is -2.03. The number of primary amides is 1. The lowest BCUT2D eigenvalue weighted by atomic mass is 10.2. The minimum Gasteiger partial charge on any atom is -0.452 e. The second-order valence-corrected chi connectivity index (χ2v) is 2.47. The first-order chi connectivity index (χ1) is 6.07. The van der Waals surface area contributed by atoms with Crippen LogP contribution in [0.5, 0.6) is 0 Å². The summed E-state index contributed by atoms with van der Waals surface area (Å²) < 4.78 is 4.47. The van der Waals surface area contributed by atoms with Crippen LogP contribution in [0.15, 0.2) is 12.2 Å². The van der Waals surface area contributed by atoms with Gasteiger partial charge < -0.3 is 15.6 Å². The maximum atomic E-state index is 10.9. The monoisotopic (exact) mass is 187 g/mol. The van der Waals surface area contributed by atoms with Crippen molar-refractivity contribution >= 4 is 11.9 Å². The Bertz CT molecular complexity index is 212. The molecule has 0 unspecified atom stereocenters. The van der Waals surface area contributed by atoms with Gasteiger partial charge in [-0.05, 0) is 12.8 Å². The van der Waals surface area contributed by atoms with E-state index >= 15 is 0 Å². The van der Waals surface area contributed by atoms with Gasteiger partial charge in [-0.25, -0.2) is 4.79 Å². The molecule has 0 heterocycles. The smallest absolute Gasteiger partial charge is 0.333 e. The van der Waals surface area contributed by atoms with Crippen molar-refractivity contribution in [3.8, 4) is 0 Å². The maximum Gasteiger partial charge on any atom is 0.333 e. The van der Waals surface area contributed by atoms with Gasteiger partial charge in [-0.1, -0.05) is 6.58 Å². The quantitative estimate of drug-likeness (QED) is 0.427. The molecule has 0 aliphatic heterocycles. The number of hydrogen-bond donors (Lipinski definition) is 2. The third-order valence-electron chi connectivity index (χ3n) is 1.27. The molecule has 0 aliphatic rings. The molecule has 0 saturated heterocycles. The number of aliphatic hydroxyl groups is 1. The Morgan fingerprint density at radius 2 is 2.08 bits per heavy atom. The lowest BCUT2D eigenvalue weighted by Crippen LogP contribution is -2.21. The van der Waals surface area contributed by atoms with E-state index in [1.165, 1.54) is 0 Å². The Morgan fingerprint density at radius 3 is 2.54 bits per heavy atom. The van der Waals surface area contributed by atoms with E-state index < -0.39 is 18.5 Å². The first-order valence-corrected chi connectivity index (χ1v) is 3.82. The number of rotatable bonds is 6. The fourth-order valence-electron chi connectivity index (χ4n) is 0.633. The average molecular weight is 187 g/mol. The van der Waals surface area contributed by atoms with Gasteiger partial charge in [0, 0.05) is 12.2 Å². The standard InChI is InChI=1S/C8H13NO4/c1-6(3-2-4-10)8(12)13-5-7(9)11/h10H,1-5H2,(H2,9,11). The van der Waals surface area contributed by atoms with Crippen LogP contribution in [0.2, 0.25) is 0 Å². The highest BCUT2D eigenvalue weighted by molar-refractivity contribution is 5.89. The van der Waals surface area contributed by atoms with Crippen molar-refractivity contribution in [2.75, 3.05) is 13.2 Å². The van der Waals surface area contributed by atoms with E-state index in [1.807, 2.05) is 0 Å². The predicted molar refractivity (Wildman–Crippen MR) is 45.6 cm³/mol. The molecule has 0 saturated carbocycles. The molecule has 0 aromatic heterocycles. The van der Waals surface area contributed by atoms with Crippen LogP contribution in [0.3, 0.4) is 0 Å². The zero-order valence-corrected chi connectivity index (χ0v) is 7.28. The highest BCUT2D eigenvalue weighted by Gasteiger charge is 2.08. The zero-order chi connectivity index (χ0) is 10.3. The van der Waals surface area contributed by atoms with Crippen LogP contribution in [0.25, 0.3) is 0 Å². The summed E-state index contributed by atoms with van der Waals surface area (Å²) in [4.78, 5) is 21.2. The van der Waals surface area contributed by atoms with Crippen LogP contribution in [0.4, 0.5) is 0 Å². The van der Waals surface area contributed by atoms with Gasteiger partial charge in [-0.15, -0.1) is 0 Å². The molecule has 5 nitrogen and oxygen atoms in total. The molecule has 0 radical (unpaired) electrons. The number of aliphatic hydroxyl groups excluding tert-OH is 1. The average Bonchev–Trinajstić information content (AvgIpc) is 2.10. The van der Waals surface area contributed by atoms with Gasteiger partial charge in [-0.3, -0.25) is 4.79 Å². The summed E-state index contributed by atoms with van der Waals surface area (Å²) >= 11 is 0. The summed E-state index contributed by atoms with van der Waals surface area (Å²) in [5.74, 6) is -1.35. The van der Waals surface area contributed by atoms with Gasteiger partial charge in [-0.2, -0.15) is 0 Å². The van der Waals surface area contributed by atoms with Crippen LogP contribution in [-0.4, -0.2) is 30.2 Å². The second kappa shape index (κ2) is 6.19. The molecule has 0 atom stereocenters. The third-order valence-corrected chi connectivity index (χ3v) is 1.27. The van der Waals surface area contributed by atoms with E-state index in [2.05, 4.69) is 11.3 Å². The number of esters is 1. The Labute approximate surface area is 76.2 Å². The molecule has 1 amide bonds. The lowest BCUT2D eigenvalue weighted by molar-refractivity contribution is -0.144. The molecule has 0 rings (SSSR count). The summed E-state index contributed by atoms with van der Waals surface area (Å²) in [6.07, 6.45) is 0.804. The minimum absolute atomic E-state index is 0.0118. The van der Waals surface area contributed by atoms with E-state index in [1.54, 1.807) is 0 Å². The topological polar surface area (TPSA) is 89.6 Å². The molecule has 74 valence electrons. The van der Waals surface area contributed by atoms with Crippen molar-refractivity contribution < 1.29 is 19.4 Å². The molecular formula is C8H13NO4. The Balaban J connectivity index is 3.70. The Hall–Kier alpha value is -1.36. The summed E-state index contributed by atoms with van der Waals surface area (Å²) in [5.41, 5.74) is 4.99. The second-order valence-electron chi connectivity index (χ2n) is 2.47. The van der Waals surface area contributed by atoms with Gasteiger partial charge >= 0.3 is 5.97 Å². The van der Waals surface area contributed by atoms with Gasteiger partial charge in [0.15, 0.2) is 6.61 Å².